The van der Waals surface area contributed by atoms with Crippen LogP contribution in [0, 0.1) is 11.6 Å². The monoisotopic (exact) mass is 318 g/mol. The van der Waals surface area contributed by atoms with E-state index < -0.39 is 17.7 Å². The molecule has 98 valence electrons. The maximum absolute atomic E-state index is 13.5. The molecule has 2 rings (SSSR count). The summed E-state index contributed by atoms with van der Waals surface area (Å²) >= 11 is 3.05. The smallest absolute Gasteiger partial charge is 0.173 e. The molecule has 3 N–H and O–H groups in total. The highest BCUT2D eigenvalue weighted by Gasteiger charge is 2.23. The molecule has 1 aromatic carbocycles. The molecule has 1 heterocycles. The number of benzene rings is 1. The largest absolute Gasteiger partial charge is 0.496 e. The van der Waals surface area contributed by atoms with Gasteiger partial charge in [-0.15, -0.1) is 0 Å². The summed E-state index contributed by atoms with van der Waals surface area (Å²) in [5.74, 6) is 4.29. The van der Waals surface area contributed by atoms with Gasteiger partial charge in [-0.25, -0.2) is 14.2 Å². The molecular formula is C12H13BrF2N2O. The van der Waals surface area contributed by atoms with E-state index in [1.165, 1.54) is 6.07 Å². The van der Waals surface area contributed by atoms with Crippen molar-refractivity contribution in [2.24, 2.45) is 5.84 Å². The standard InChI is InChI=1S/C12H13BrF2N2O/c13-10-7(4-5-8(14)11(10)15)12(17-16)9-3-1-2-6-18-9/h3-5,12,17H,1-2,6,16H2. The second-order valence-corrected chi connectivity index (χ2v) is 4.75. The van der Waals surface area contributed by atoms with E-state index in [2.05, 4.69) is 21.4 Å². The molecular weight excluding hydrogens is 306 g/mol. The van der Waals surface area contributed by atoms with E-state index in [9.17, 15) is 8.78 Å². The zero-order valence-electron chi connectivity index (χ0n) is 9.55. The Hall–Kier alpha value is -0.980. The average molecular weight is 319 g/mol. The highest BCUT2D eigenvalue weighted by atomic mass is 79.9. The zero-order chi connectivity index (χ0) is 13.1. The molecule has 0 saturated heterocycles. The summed E-state index contributed by atoms with van der Waals surface area (Å²) in [6, 6.07) is 2.06. The quantitative estimate of drug-likeness (QED) is 0.512. The summed E-state index contributed by atoms with van der Waals surface area (Å²) in [6.07, 6.45) is 3.73. The summed E-state index contributed by atoms with van der Waals surface area (Å²) in [5, 5.41) is 0. The number of allylic oxidation sites excluding steroid dienone is 1. The maximum atomic E-state index is 13.5. The third-order valence-corrected chi connectivity index (χ3v) is 3.60. The lowest BCUT2D eigenvalue weighted by Crippen LogP contribution is -2.31. The predicted octanol–water partition coefficient (Wildman–Crippen LogP) is 2.93. The van der Waals surface area contributed by atoms with Gasteiger partial charge in [-0.3, -0.25) is 5.84 Å². The number of ether oxygens (including phenoxy) is 1. The number of nitrogens with one attached hydrogen (secondary N) is 1. The minimum Gasteiger partial charge on any atom is -0.496 e. The Kier molecular flexibility index (Phi) is 4.31. The van der Waals surface area contributed by atoms with Gasteiger partial charge in [0.15, 0.2) is 11.6 Å². The number of hydrogen-bond acceptors (Lipinski definition) is 3. The Bertz CT molecular complexity index is 479. The van der Waals surface area contributed by atoms with E-state index in [1.807, 2.05) is 6.08 Å². The first-order valence-electron chi connectivity index (χ1n) is 5.57. The molecule has 0 amide bonds. The molecule has 0 radical (unpaired) electrons. The van der Waals surface area contributed by atoms with Crippen LogP contribution in [-0.2, 0) is 4.74 Å². The number of hydrazine groups is 1. The van der Waals surface area contributed by atoms with Crippen LogP contribution >= 0.6 is 15.9 Å². The van der Waals surface area contributed by atoms with Crippen molar-refractivity contribution in [2.45, 2.75) is 18.9 Å². The minimum atomic E-state index is -0.927. The van der Waals surface area contributed by atoms with Crippen molar-refractivity contribution in [3.63, 3.8) is 0 Å². The molecule has 1 aromatic rings. The Labute approximate surface area is 112 Å². The van der Waals surface area contributed by atoms with Gasteiger partial charge in [0.1, 0.15) is 11.8 Å². The lowest BCUT2D eigenvalue weighted by molar-refractivity contribution is 0.167. The molecule has 0 fully saturated rings. The molecule has 0 saturated carbocycles. The highest BCUT2D eigenvalue weighted by Crippen LogP contribution is 2.32. The summed E-state index contributed by atoms with van der Waals surface area (Å²) in [4.78, 5) is 0. The molecule has 1 atom stereocenters. The van der Waals surface area contributed by atoms with Crippen molar-refractivity contribution in [3.05, 3.63) is 45.6 Å². The van der Waals surface area contributed by atoms with Gasteiger partial charge in [0.2, 0.25) is 0 Å². The topological polar surface area (TPSA) is 47.3 Å². The van der Waals surface area contributed by atoms with Gasteiger partial charge in [-0.2, -0.15) is 0 Å². The van der Waals surface area contributed by atoms with Crippen molar-refractivity contribution in [2.75, 3.05) is 6.61 Å². The van der Waals surface area contributed by atoms with Crippen LogP contribution in [0.15, 0.2) is 28.4 Å². The normalized spacial score (nSPS) is 17.0. The molecule has 0 bridgehead atoms. The van der Waals surface area contributed by atoms with Crippen molar-refractivity contribution < 1.29 is 13.5 Å². The fourth-order valence-corrected chi connectivity index (χ4v) is 2.42. The molecule has 0 spiro atoms. The first kappa shape index (κ1) is 13.5. The third kappa shape index (κ3) is 2.55. The molecule has 18 heavy (non-hydrogen) atoms. The van der Waals surface area contributed by atoms with Crippen molar-refractivity contribution >= 4 is 15.9 Å². The second-order valence-electron chi connectivity index (χ2n) is 3.96. The van der Waals surface area contributed by atoms with Gasteiger partial charge in [0.25, 0.3) is 0 Å². The Morgan fingerprint density at radius 1 is 1.39 bits per heavy atom. The Morgan fingerprint density at radius 3 is 2.78 bits per heavy atom. The van der Waals surface area contributed by atoms with Crippen LogP contribution in [0.1, 0.15) is 24.4 Å². The van der Waals surface area contributed by atoms with E-state index >= 15 is 0 Å². The van der Waals surface area contributed by atoms with E-state index in [0.29, 0.717) is 17.9 Å². The predicted molar refractivity (Wildman–Crippen MR) is 67.4 cm³/mol. The second kappa shape index (κ2) is 5.77. The molecule has 1 aliphatic heterocycles. The lowest BCUT2D eigenvalue weighted by Gasteiger charge is -2.24. The molecule has 0 aliphatic carbocycles. The van der Waals surface area contributed by atoms with Gasteiger partial charge in [0, 0.05) is 0 Å². The molecule has 0 aromatic heterocycles. The van der Waals surface area contributed by atoms with E-state index in [4.69, 9.17) is 10.6 Å². The summed E-state index contributed by atoms with van der Waals surface area (Å²) in [5.41, 5.74) is 3.07. The Balaban J connectivity index is 2.39. The molecule has 1 unspecified atom stereocenters. The van der Waals surface area contributed by atoms with Gasteiger partial charge in [-0.1, -0.05) is 6.07 Å². The van der Waals surface area contributed by atoms with Crippen LogP contribution < -0.4 is 11.3 Å². The lowest BCUT2D eigenvalue weighted by atomic mass is 10.0. The number of rotatable bonds is 3. The van der Waals surface area contributed by atoms with Gasteiger partial charge < -0.3 is 4.74 Å². The van der Waals surface area contributed by atoms with Crippen LogP contribution in [0.5, 0.6) is 0 Å². The van der Waals surface area contributed by atoms with Crippen LogP contribution in [0.3, 0.4) is 0 Å². The van der Waals surface area contributed by atoms with Crippen molar-refractivity contribution in [1.82, 2.24) is 5.43 Å². The van der Waals surface area contributed by atoms with Crippen LogP contribution in [0.2, 0.25) is 0 Å². The SMILES string of the molecule is NNC(C1=CCCCO1)c1ccc(F)c(F)c1Br. The number of hydrogen-bond donors (Lipinski definition) is 2. The molecule has 1 aliphatic rings. The summed E-state index contributed by atoms with van der Waals surface area (Å²) in [6.45, 7) is 0.602. The third-order valence-electron chi connectivity index (χ3n) is 2.79. The van der Waals surface area contributed by atoms with Crippen LogP contribution in [-0.4, -0.2) is 6.61 Å². The van der Waals surface area contributed by atoms with Crippen LogP contribution in [0.4, 0.5) is 8.78 Å². The maximum Gasteiger partial charge on any atom is 0.173 e. The molecule has 3 nitrogen and oxygen atoms in total. The fraction of sp³-hybridized carbons (Fsp3) is 0.333. The van der Waals surface area contributed by atoms with Gasteiger partial charge in [-0.05, 0) is 46.5 Å². The first-order valence-corrected chi connectivity index (χ1v) is 6.37. The fourth-order valence-electron chi connectivity index (χ4n) is 1.87. The highest BCUT2D eigenvalue weighted by molar-refractivity contribution is 9.10. The summed E-state index contributed by atoms with van der Waals surface area (Å²) < 4.78 is 32.1. The zero-order valence-corrected chi connectivity index (χ0v) is 11.1. The average Bonchev–Trinajstić information content (AvgIpc) is 2.41. The van der Waals surface area contributed by atoms with Crippen LogP contribution in [0.25, 0.3) is 0 Å². The van der Waals surface area contributed by atoms with Gasteiger partial charge >= 0.3 is 0 Å². The minimum absolute atomic E-state index is 0.0560. The molecule has 6 heteroatoms. The Morgan fingerprint density at radius 2 is 2.17 bits per heavy atom. The van der Waals surface area contributed by atoms with E-state index in [0.717, 1.165) is 18.9 Å². The number of halogens is 3. The van der Waals surface area contributed by atoms with Crippen molar-refractivity contribution in [1.29, 1.82) is 0 Å². The van der Waals surface area contributed by atoms with E-state index in [-0.39, 0.29) is 4.47 Å². The number of nitrogens with two attached hydrogens (primary N) is 1. The van der Waals surface area contributed by atoms with E-state index in [1.54, 1.807) is 0 Å². The van der Waals surface area contributed by atoms with Crippen molar-refractivity contribution in [3.8, 4) is 0 Å². The first-order chi connectivity index (χ1) is 8.65. The summed E-state index contributed by atoms with van der Waals surface area (Å²) in [7, 11) is 0. The van der Waals surface area contributed by atoms with Gasteiger partial charge in [0.05, 0.1) is 11.1 Å².